The number of fused-ring (bicyclic) bond motifs is 1. The zero-order chi connectivity index (χ0) is 18.4. The fourth-order valence-corrected chi connectivity index (χ4v) is 3.01. The van der Waals surface area contributed by atoms with E-state index in [-0.39, 0.29) is 22.4 Å². The van der Waals surface area contributed by atoms with Crippen LogP contribution >= 0.6 is 0 Å². The quantitative estimate of drug-likeness (QED) is 0.402. The van der Waals surface area contributed by atoms with Crippen molar-refractivity contribution in [3.63, 3.8) is 0 Å². The van der Waals surface area contributed by atoms with Crippen LogP contribution in [0.4, 0.5) is 5.82 Å². The van der Waals surface area contributed by atoms with Crippen molar-refractivity contribution in [3.05, 3.63) is 18.1 Å². The van der Waals surface area contributed by atoms with Crippen molar-refractivity contribution in [2.24, 2.45) is 5.73 Å². The molecule has 0 spiro atoms. The summed E-state index contributed by atoms with van der Waals surface area (Å²) < 4.78 is 6.95. The van der Waals surface area contributed by atoms with Gasteiger partial charge in [-0.05, 0) is 6.92 Å². The Kier molecular flexibility index (Phi) is 4.34. The van der Waals surface area contributed by atoms with Crippen LogP contribution in [0, 0.1) is 0 Å². The number of hydrogen-bond donors (Lipinski definition) is 5. The molecule has 1 fully saturated rings. The third kappa shape index (κ3) is 2.62. The Hall–Kier alpha value is -2.31. The molecule has 25 heavy (non-hydrogen) atoms. The molecule has 11 heteroatoms. The van der Waals surface area contributed by atoms with Crippen LogP contribution in [0.5, 0.6) is 0 Å². The molecule has 2 aromatic rings. The first-order valence-corrected chi connectivity index (χ1v) is 7.44. The molecule has 0 aromatic carbocycles. The molecule has 1 aliphatic heterocycles. The number of primary amides is 1. The van der Waals surface area contributed by atoms with Gasteiger partial charge in [0.1, 0.15) is 29.8 Å². The second-order valence-corrected chi connectivity index (χ2v) is 5.92. The Bertz CT molecular complexity index is 806. The van der Waals surface area contributed by atoms with Gasteiger partial charge in [0, 0.05) is 6.20 Å². The highest BCUT2D eigenvalue weighted by Gasteiger charge is 2.53. The smallest absolute Gasteiger partial charge is 0.251 e. The van der Waals surface area contributed by atoms with Gasteiger partial charge in [0.25, 0.3) is 5.91 Å². The normalized spacial score (nSPS) is 29.2. The van der Waals surface area contributed by atoms with Crippen LogP contribution in [0.1, 0.15) is 23.5 Å². The summed E-state index contributed by atoms with van der Waals surface area (Å²) in [5, 5.41) is 30.4. The molecule has 3 rings (SSSR count). The Balaban J connectivity index is 2.21. The Morgan fingerprint density at radius 1 is 1.56 bits per heavy atom. The lowest BCUT2D eigenvalue weighted by Crippen LogP contribution is -2.44. The Morgan fingerprint density at radius 2 is 2.28 bits per heavy atom. The number of aliphatic hydroxyl groups excluding tert-OH is 2. The van der Waals surface area contributed by atoms with E-state index in [1.807, 2.05) is 0 Å². The summed E-state index contributed by atoms with van der Waals surface area (Å²) in [7, 11) is 1.38. The van der Waals surface area contributed by atoms with E-state index in [9.17, 15) is 20.1 Å². The number of aliphatic hydroxyl groups is 3. The maximum atomic E-state index is 11.8. The van der Waals surface area contributed by atoms with E-state index in [1.54, 1.807) is 0 Å². The van der Waals surface area contributed by atoms with Crippen molar-refractivity contribution < 1.29 is 29.7 Å². The minimum atomic E-state index is -1.74. The summed E-state index contributed by atoms with van der Waals surface area (Å²) in [6, 6.07) is 0. The highest BCUT2D eigenvalue weighted by molar-refractivity contribution is 6.09. The second kappa shape index (κ2) is 6.20. The molecule has 0 radical (unpaired) electrons. The number of amides is 1. The molecule has 2 aromatic heterocycles. The van der Waals surface area contributed by atoms with Gasteiger partial charge in [0.2, 0.25) is 0 Å². The number of anilines is 1. The monoisotopic (exact) mass is 353 g/mol. The van der Waals surface area contributed by atoms with Gasteiger partial charge in [-0.2, -0.15) is 0 Å². The van der Waals surface area contributed by atoms with E-state index >= 15 is 0 Å². The summed E-state index contributed by atoms with van der Waals surface area (Å²) in [4.78, 5) is 24.8. The zero-order valence-corrected chi connectivity index (χ0v) is 13.6. The molecule has 1 saturated heterocycles. The van der Waals surface area contributed by atoms with Crippen molar-refractivity contribution >= 4 is 22.8 Å². The number of aromatic nitrogens is 3. The first kappa shape index (κ1) is 17.5. The SMILES string of the molecule is CONc1ncnc2c1c(C(N)=O)cn2C1OC(CO)C(O)[C@@]1(C)O. The molecule has 11 nitrogen and oxygen atoms in total. The number of nitrogens with one attached hydrogen (secondary N) is 1. The molecule has 6 N–H and O–H groups in total. The molecular weight excluding hydrogens is 334 g/mol. The minimum absolute atomic E-state index is 0.0801. The highest BCUT2D eigenvalue weighted by Crippen LogP contribution is 2.41. The number of carbonyl (C=O) groups excluding carboxylic acids is 1. The molecule has 0 aliphatic carbocycles. The van der Waals surface area contributed by atoms with Crippen LogP contribution in [0.15, 0.2) is 12.5 Å². The maximum Gasteiger partial charge on any atom is 0.251 e. The predicted octanol–water partition coefficient (Wildman–Crippen LogP) is -1.49. The number of rotatable bonds is 5. The van der Waals surface area contributed by atoms with Gasteiger partial charge in [-0.1, -0.05) is 0 Å². The highest BCUT2D eigenvalue weighted by atomic mass is 16.6. The molecule has 1 amide bonds. The molecular formula is C14H19N5O6. The predicted molar refractivity (Wildman–Crippen MR) is 84.3 cm³/mol. The average molecular weight is 353 g/mol. The van der Waals surface area contributed by atoms with E-state index in [0.717, 1.165) is 0 Å². The lowest BCUT2D eigenvalue weighted by molar-refractivity contribution is -0.0948. The molecule has 1 aliphatic rings. The lowest BCUT2D eigenvalue weighted by atomic mass is 9.96. The number of nitrogens with two attached hydrogens (primary N) is 1. The molecule has 3 heterocycles. The first-order valence-electron chi connectivity index (χ1n) is 7.44. The number of carbonyl (C=O) groups is 1. The largest absolute Gasteiger partial charge is 0.394 e. The zero-order valence-electron chi connectivity index (χ0n) is 13.6. The number of hydrogen-bond acceptors (Lipinski definition) is 9. The van der Waals surface area contributed by atoms with Gasteiger partial charge < -0.3 is 30.4 Å². The minimum Gasteiger partial charge on any atom is -0.394 e. The van der Waals surface area contributed by atoms with E-state index in [2.05, 4.69) is 15.4 Å². The summed E-state index contributed by atoms with van der Waals surface area (Å²) in [6.45, 7) is 0.879. The van der Waals surface area contributed by atoms with Gasteiger partial charge in [0.05, 0.1) is 24.7 Å². The average Bonchev–Trinajstić information content (AvgIpc) is 3.05. The van der Waals surface area contributed by atoms with Crippen LogP contribution in [0.2, 0.25) is 0 Å². The van der Waals surface area contributed by atoms with Crippen LogP contribution in [-0.4, -0.2) is 67.3 Å². The van der Waals surface area contributed by atoms with E-state index in [1.165, 1.54) is 31.1 Å². The fourth-order valence-electron chi connectivity index (χ4n) is 3.01. The van der Waals surface area contributed by atoms with Crippen LogP contribution in [-0.2, 0) is 9.57 Å². The summed E-state index contributed by atoms with van der Waals surface area (Å²) in [5.74, 6) is -0.536. The first-order chi connectivity index (χ1) is 11.8. The lowest BCUT2D eigenvalue weighted by Gasteiger charge is -2.27. The molecule has 4 atom stereocenters. The fraction of sp³-hybridized carbons (Fsp3) is 0.500. The van der Waals surface area contributed by atoms with Gasteiger partial charge in [-0.3, -0.25) is 9.63 Å². The number of ether oxygens (including phenoxy) is 1. The Labute approximate surface area is 142 Å². The summed E-state index contributed by atoms with van der Waals surface area (Å²) in [5.41, 5.74) is 6.54. The van der Waals surface area contributed by atoms with E-state index in [4.69, 9.17) is 15.3 Å². The van der Waals surface area contributed by atoms with E-state index < -0.39 is 36.6 Å². The van der Waals surface area contributed by atoms with Crippen molar-refractivity contribution in [3.8, 4) is 0 Å². The Morgan fingerprint density at radius 3 is 2.84 bits per heavy atom. The standard InChI is InChI=1S/C14H19N5O6/c1-14(23)9(21)7(4-20)25-13(14)19-3-6(10(15)22)8-11(18-24-2)16-5-17-12(8)19/h3,5,7,9,13,20-21,23H,4H2,1-2H3,(H2,15,22)(H,16,17,18)/t7?,9?,13?,14-/m1/s1. The topological polar surface area (TPSA) is 165 Å². The van der Waals surface area contributed by atoms with E-state index in [0.29, 0.717) is 0 Å². The summed E-state index contributed by atoms with van der Waals surface area (Å²) in [6.07, 6.45) is -0.855. The maximum absolute atomic E-state index is 11.8. The van der Waals surface area contributed by atoms with Crippen molar-refractivity contribution in [1.82, 2.24) is 14.5 Å². The number of nitrogens with zero attached hydrogens (tertiary/aromatic N) is 3. The van der Waals surface area contributed by atoms with Gasteiger partial charge >= 0.3 is 0 Å². The summed E-state index contributed by atoms with van der Waals surface area (Å²) >= 11 is 0. The van der Waals surface area contributed by atoms with Crippen molar-refractivity contribution in [1.29, 1.82) is 0 Å². The third-order valence-electron chi connectivity index (χ3n) is 4.26. The second-order valence-electron chi connectivity index (χ2n) is 5.92. The van der Waals surface area contributed by atoms with Gasteiger partial charge in [-0.15, -0.1) is 0 Å². The van der Waals surface area contributed by atoms with Crippen LogP contribution in [0.3, 0.4) is 0 Å². The van der Waals surface area contributed by atoms with Gasteiger partial charge in [0.15, 0.2) is 12.0 Å². The molecule has 0 bridgehead atoms. The molecule has 136 valence electrons. The van der Waals surface area contributed by atoms with Crippen LogP contribution < -0.4 is 11.2 Å². The molecule has 0 saturated carbocycles. The van der Waals surface area contributed by atoms with Crippen LogP contribution in [0.25, 0.3) is 11.0 Å². The third-order valence-corrected chi connectivity index (χ3v) is 4.26. The van der Waals surface area contributed by atoms with Gasteiger partial charge in [-0.25, -0.2) is 15.4 Å². The van der Waals surface area contributed by atoms with Crippen molar-refractivity contribution in [2.75, 3.05) is 19.2 Å². The van der Waals surface area contributed by atoms with Crippen molar-refractivity contribution in [2.45, 2.75) is 31.0 Å². The molecule has 3 unspecified atom stereocenters.